The summed E-state index contributed by atoms with van der Waals surface area (Å²) in [6, 6.07) is 9.42. The molecule has 0 saturated heterocycles. The molecule has 1 aromatic carbocycles. The molecule has 1 aliphatic rings. The zero-order chi connectivity index (χ0) is 12.3. The molecule has 0 saturated carbocycles. The van der Waals surface area contributed by atoms with Crippen LogP contribution in [0.1, 0.15) is 5.56 Å². The number of carboxylic acid groups (broad SMARTS) is 1. The van der Waals surface area contributed by atoms with Gasteiger partial charge in [0.15, 0.2) is 0 Å². The summed E-state index contributed by atoms with van der Waals surface area (Å²) in [7, 11) is 0. The smallest absolute Gasteiger partial charge is 0.352 e. The summed E-state index contributed by atoms with van der Waals surface area (Å²) in [5.41, 5.74) is -0.385. The van der Waals surface area contributed by atoms with Crippen LogP contribution < -0.4 is 5.32 Å². The highest BCUT2D eigenvalue weighted by atomic mass is 79.9. The van der Waals surface area contributed by atoms with Crippen molar-refractivity contribution in [3.05, 3.63) is 46.6 Å². The van der Waals surface area contributed by atoms with E-state index in [1.165, 1.54) is 6.21 Å². The second-order valence-corrected chi connectivity index (χ2v) is 4.68. The average Bonchev–Trinajstić information content (AvgIpc) is 2.33. The molecule has 4 nitrogen and oxygen atoms in total. The van der Waals surface area contributed by atoms with Crippen molar-refractivity contribution in [2.24, 2.45) is 4.99 Å². The fourth-order valence-electron chi connectivity index (χ4n) is 1.62. The lowest BCUT2D eigenvalue weighted by atomic mass is 9.99. The van der Waals surface area contributed by atoms with Crippen molar-refractivity contribution in [2.75, 3.05) is 0 Å². The predicted octanol–water partition coefficient (Wildman–Crippen LogP) is 1.92. The van der Waals surface area contributed by atoms with Gasteiger partial charge in [0.1, 0.15) is 0 Å². The van der Waals surface area contributed by atoms with Crippen LogP contribution in [0.2, 0.25) is 0 Å². The molecule has 1 unspecified atom stereocenters. The van der Waals surface area contributed by atoms with Gasteiger partial charge in [0.05, 0.1) is 4.48 Å². The summed E-state index contributed by atoms with van der Waals surface area (Å²) in [6.07, 6.45) is 3.41. The Kier molecular flexibility index (Phi) is 3.28. The highest BCUT2D eigenvalue weighted by molar-refractivity contribution is 9.12. The van der Waals surface area contributed by atoms with Crippen molar-refractivity contribution in [1.82, 2.24) is 5.32 Å². The van der Waals surface area contributed by atoms with Crippen LogP contribution >= 0.6 is 15.9 Å². The minimum atomic E-state index is -1.31. The molecule has 2 N–H and O–H groups in total. The molecule has 0 spiro atoms. The van der Waals surface area contributed by atoms with Crippen molar-refractivity contribution < 1.29 is 9.90 Å². The van der Waals surface area contributed by atoms with Gasteiger partial charge in [-0.25, -0.2) is 4.79 Å². The zero-order valence-corrected chi connectivity index (χ0v) is 10.5. The fraction of sp³-hybridized carbons (Fsp3) is 0.167. The molecule has 0 radical (unpaired) electrons. The van der Waals surface area contributed by atoms with Gasteiger partial charge in [-0.3, -0.25) is 4.99 Å². The highest BCUT2D eigenvalue weighted by Crippen LogP contribution is 2.20. The number of hydrogen-bond donors (Lipinski definition) is 2. The Bertz CT molecular complexity index is 485. The number of aliphatic imine (C=N–C) groups is 1. The van der Waals surface area contributed by atoms with Gasteiger partial charge >= 0.3 is 5.97 Å². The van der Waals surface area contributed by atoms with E-state index in [1.54, 1.807) is 6.20 Å². The lowest BCUT2D eigenvalue weighted by Gasteiger charge is -2.28. The second-order valence-electron chi connectivity index (χ2n) is 3.76. The van der Waals surface area contributed by atoms with E-state index in [4.69, 9.17) is 0 Å². The molecule has 0 amide bonds. The third-order valence-corrected chi connectivity index (χ3v) is 2.95. The molecule has 17 heavy (non-hydrogen) atoms. The first-order valence-corrected chi connectivity index (χ1v) is 5.88. The van der Waals surface area contributed by atoms with E-state index >= 15 is 0 Å². The van der Waals surface area contributed by atoms with Crippen molar-refractivity contribution in [3.63, 3.8) is 0 Å². The number of aliphatic carboxylic acids is 1. The molecule has 2 rings (SSSR count). The van der Waals surface area contributed by atoms with E-state index in [0.29, 0.717) is 6.42 Å². The minimum Gasteiger partial charge on any atom is -0.478 e. The first-order chi connectivity index (χ1) is 8.12. The van der Waals surface area contributed by atoms with Crippen molar-refractivity contribution in [1.29, 1.82) is 0 Å². The third-order valence-electron chi connectivity index (χ3n) is 2.51. The van der Waals surface area contributed by atoms with Crippen LogP contribution in [0.3, 0.4) is 0 Å². The lowest BCUT2D eigenvalue weighted by molar-refractivity contribution is -0.144. The number of rotatable bonds is 3. The molecule has 1 heterocycles. The summed E-state index contributed by atoms with van der Waals surface area (Å²) in [5, 5.41) is 12.1. The molecule has 88 valence electrons. The third kappa shape index (κ3) is 2.55. The van der Waals surface area contributed by atoms with Crippen LogP contribution in [0.15, 0.2) is 46.0 Å². The highest BCUT2D eigenvalue weighted by Gasteiger charge is 2.38. The number of carboxylic acids is 1. The molecule has 0 aromatic heterocycles. The largest absolute Gasteiger partial charge is 0.478 e. The van der Waals surface area contributed by atoms with Gasteiger partial charge in [0.2, 0.25) is 5.66 Å². The Morgan fingerprint density at radius 1 is 1.41 bits per heavy atom. The summed E-state index contributed by atoms with van der Waals surface area (Å²) in [6.45, 7) is 0. The Labute approximate surface area is 107 Å². The first kappa shape index (κ1) is 11.9. The minimum absolute atomic E-state index is 0.302. The Hall–Kier alpha value is -1.62. The van der Waals surface area contributed by atoms with Crippen molar-refractivity contribution >= 4 is 28.1 Å². The van der Waals surface area contributed by atoms with E-state index in [1.807, 2.05) is 30.3 Å². The van der Waals surface area contributed by atoms with Gasteiger partial charge in [0.25, 0.3) is 0 Å². The molecule has 5 heteroatoms. The quantitative estimate of drug-likeness (QED) is 0.895. The topological polar surface area (TPSA) is 61.7 Å². The molecule has 1 aromatic rings. The summed E-state index contributed by atoms with van der Waals surface area (Å²) >= 11 is 3.23. The van der Waals surface area contributed by atoms with Crippen LogP contribution in [0.25, 0.3) is 0 Å². The second kappa shape index (κ2) is 4.71. The monoisotopic (exact) mass is 294 g/mol. The molecule has 0 fully saturated rings. The molecular formula is C12H11BrN2O2. The summed E-state index contributed by atoms with van der Waals surface area (Å²) < 4.78 is 0.724. The Morgan fingerprint density at radius 3 is 2.65 bits per heavy atom. The zero-order valence-electron chi connectivity index (χ0n) is 8.93. The number of halogens is 1. The maximum absolute atomic E-state index is 11.4. The van der Waals surface area contributed by atoms with Crippen molar-refractivity contribution in [2.45, 2.75) is 12.1 Å². The normalized spacial score (nSPS) is 22.8. The van der Waals surface area contributed by atoms with Crippen LogP contribution in [0.5, 0.6) is 0 Å². The first-order valence-electron chi connectivity index (χ1n) is 5.08. The van der Waals surface area contributed by atoms with Crippen LogP contribution in [0.4, 0.5) is 0 Å². The van der Waals surface area contributed by atoms with Gasteiger partial charge in [-0.2, -0.15) is 0 Å². The molecule has 0 bridgehead atoms. The van der Waals surface area contributed by atoms with Crippen LogP contribution in [-0.2, 0) is 11.2 Å². The average molecular weight is 295 g/mol. The number of hydrogen-bond acceptors (Lipinski definition) is 3. The van der Waals surface area contributed by atoms with E-state index in [-0.39, 0.29) is 0 Å². The maximum atomic E-state index is 11.4. The lowest BCUT2D eigenvalue weighted by Crippen LogP contribution is -2.51. The van der Waals surface area contributed by atoms with E-state index in [9.17, 15) is 9.90 Å². The van der Waals surface area contributed by atoms with Gasteiger partial charge in [-0.05, 0) is 21.5 Å². The maximum Gasteiger partial charge on any atom is 0.352 e. The van der Waals surface area contributed by atoms with Gasteiger partial charge in [0, 0.05) is 18.8 Å². The fourth-order valence-corrected chi connectivity index (χ4v) is 1.83. The Balaban J connectivity index is 2.26. The predicted molar refractivity (Wildman–Crippen MR) is 69.2 cm³/mol. The van der Waals surface area contributed by atoms with Crippen molar-refractivity contribution in [3.8, 4) is 0 Å². The number of nitrogens with zero attached hydrogens (tertiary/aromatic N) is 1. The SMILES string of the molecule is O=C(O)C1(Cc2ccccc2)N=CC(Br)=CN1. The number of carbonyl (C=O) groups is 1. The molecule has 1 aliphatic heterocycles. The number of nitrogens with one attached hydrogen (secondary N) is 1. The van der Waals surface area contributed by atoms with Gasteiger partial charge in [-0.15, -0.1) is 0 Å². The summed E-state index contributed by atoms with van der Waals surface area (Å²) in [5.74, 6) is -0.992. The van der Waals surface area contributed by atoms with Gasteiger partial charge in [-0.1, -0.05) is 30.3 Å². The number of allylic oxidation sites excluding steroid dienone is 1. The van der Waals surface area contributed by atoms with E-state index < -0.39 is 11.6 Å². The molecule has 0 aliphatic carbocycles. The van der Waals surface area contributed by atoms with E-state index in [0.717, 1.165) is 10.0 Å². The van der Waals surface area contributed by atoms with Crippen LogP contribution in [-0.4, -0.2) is 23.0 Å². The Morgan fingerprint density at radius 2 is 2.12 bits per heavy atom. The molecule has 1 atom stereocenters. The number of benzene rings is 1. The van der Waals surface area contributed by atoms with Gasteiger partial charge < -0.3 is 10.4 Å². The summed E-state index contributed by atoms with van der Waals surface area (Å²) in [4.78, 5) is 15.5. The molecular weight excluding hydrogens is 284 g/mol. The van der Waals surface area contributed by atoms with E-state index in [2.05, 4.69) is 26.2 Å². The van der Waals surface area contributed by atoms with Crippen LogP contribution in [0, 0.1) is 0 Å². The standard InChI is InChI=1S/C12H11BrN2O2/c13-10-7-14-12(11(16)17,15-8-10)6-9-4-2-1-3-5-9/h1-5,7-8,14H,6H2,(H,16,17).